The minimum Gasteiger partial charge on any atom is -0.308 e. The van der Waals surface area contributed by atoms with E-state index < -0.39 is 0 Å². The third-order valence-electron chi connectivity index (χ3n) is 7.78. The van der Waals surface area contributed by atoms with Crippen LogP contribution in [0.1, 0.15) is 0 Å². The molecule has 6 heteroatoms. The summed E-state index contributed by atoms with van der Waals surface area (Å²) in [5, 5.41) is 0. The van der Waals surface area contributed by atoms with E-state index in [2.05, 4.69) is 143 Å². The van der Waals surface area contributed by atoms with Crippen LogP contribution in [0.15, 0.2) is 153 Å². The van der Waals surface area contributed by atoms with E-state index in [1.807, 2.05) is 23.5 Å². The number of para-hydroxylation sites is 4. The molecule has 0 radical (unpaired) electrons. The highest BCUT2D eigenvalue weighted by molar-refractivity contribution is 8.00. The maximum Gasteiger partial charge on any atom is 0.0915 e. The summed E-state index contributed by atoms with van der Waals surface area (Å²) in [5.74, 6) is 0. The number of rotatable bonds is 2. The normalized spacial score (nSPS) is 13.4. The van der Waals surface area contributed by atoms with Gasteiger partial charge in [-0.05, 0) is 84.9 Å². The van der Waals surface area contributed by atoms with Crippen LogP contribution in [0.3, 0.4) is 0 Å². The van der Waals surface area contributed by atoms with Crippen LogP contribution in [0.2, 0.25) is 0 Å². The van der Waals surface area contributed by atoms with Gasteiger partial charge < -0.3 is 9.80 Å². The molecular weight excluding hydrogens is 553 g/mol. The van der Waals surface area contributed by atoms with Crippen molar-refractivity contribution in [2.24, 2.45) is 0 Å². The Balaban J connectivity index is 1.17. The molecule has 0 saturated heterocycles. The van der Waals surface area contributed by atoms with Crippen LogP contribution in [0.4, 0.5) is 34.1 Å². The fourth-order valence-electron chi connectivity index (χ4n) is 5.90. The number of fused-ring (bicyclic) bond motifs is 6. The number of anilines is 6. The average molecular weight is 575 g/mol. The van der Waals surface area contributed by atoms with Crippen molar-refractivity contribution in [3.63, 3.8) is 0 Å². The first-order valence-electron chi connectivity index (χ1n) is 13.8. The number of nitrogens with zero attached hydrogens (tertiary/aromatic N) is 4. The van der Waals surface area contributed by atoms with E-state index in [1.54, 1.807) is 0 Å². The quantitative estimate of drug-likeness (QED) is 0.191. The van der Waals surface area contributed by atoms with Crippen LogP contribution in [0, 0.1) is 0 Å². The smallest absolute Gasteiger partial charge is 0.0915 e. The van der Waals surface area contributed by atoms with Gasteiger partial charge >= 0.3 is 0 Å². The average Bonchev–Trinajstić information content (AvgIpc) is 3.04. The second kappa shape index (κ2) is 9.38. The molecule has 42 heavy (non-hydrogen) atoms. The highest BCUT2D eigenvalue weighted by Gasteiger charge is 2.26. The Morgan fingerprint density at radius 2 is 0.690 bits per heavy atom. The highest BCUT2D eigenvalue weighted by Crippen LogP contribution is 2.52. The van der Waals surface area contributed by atoms with Crippen molar-refractivity contribution in [2.45, 2.75) is 19.6 Å². The lowest BCUT2D eigenvalue weighted by Crippen LogP contribution is -2.15. The molecule has 1 aromatic heterocycles. The van der Waals surface area contributed by atoms with E-state index in [-0.39, 0.29) is 0 Å². The van der Waals surface area contributed by atoms with Crippen LogP contribution in [0.25, 0.3) is 22.1 Å². The fourth-order valence-corrected chi connectivity index (χ4v) is 8.01. The van der Waals surface area contributed by atoms with Gasteiger partial charge in [-0.2, -0.15) is 0 Å². The van der Waals surface area contributed by atoms with Gasteiger partial charge in [0.2, 0.25) is 0 Å². The molecule has 0 amide bonds. The third kappa shape index (κ3) is 3.73. The van der Waals surface area contributed by atoms with Gasteiger partial charge in [0, 0.05) is 31.0 Å². The van der Waals surface area contributed by atoms with Gasteiger partial charge in [0.05, 0.1) is 44.8 Å². The van der Waals surface area contributed by atoms with Crippen molar-refractivity contribution in [3.05, 3.63) is 133 Å². The SMILES string of the molecule is c1ccc2c(c1)Sc1ccccc1N2c1ccc2nc3cc(N4c5ccccc5Sc5ccccc54)ccc3nc2c1. The lowest BCUT2D eigenvalue weighted by molar-refractivity contribution is 1.16. The van der Waals surface area contributed by atoms with Crippen molar-refractivity contribution < 1.29 is 0 Å². The number of benzene rings is 6. The molecule has 0 unspecified atom stereocenters. The molecule has 0 saturated carbocycles. The van der Waals surface area contributed by atoms with Crippen molar-refractivity contribution in [1.82, 2.24) is 9.97 Å². The zero-order valence-corrected chi connectivity index (χ0v) is 23.9. The van der Waals surface area contributed by atoms with Crippen molar-refractivity contribution in [3.8, 4) is 0 Å². The van der Waals surface area contributed by atoms with Gasteiger partial charge in [0.25, 0.3) is 0 Å². The number of aromatic nitrogens is 2. The second-order valence-electron chi connectivity index (χ2n) is 10.3. The fraction of sp³-hybridized carbons (Fsp3) is 0. The summed E-state index contributed by atoms with van der Waals surface area (Å²) >= 11 is 3.63. The number of hydrogen-bond donors (Lipinski definition) is 0. The molecule has 2 aliphatic rings. The first kappa shape index (κ1) is 23.9. The Morgan fingerprint density at radius 3 is 1.05 bits per heavy atom. The topological polar surface area (TPSA) is 32.3 Å². The summed E-state index contributed by atoms with van der Waals surface area (Å²) in [6, 6.07) is 47.1. The van der Waals surface area contributed by atoms with Gasteiger partial charge in [-0.3, -0.25) is 0 Å². The van der Waals surface area contributed by atoms with E-state index >= 15 is 0 Å². The maximum atomic E-state index is 5.10. The Kier molecular flexibility index (Phi) is 5.33. The molecule has 7 aromatic rings. The lowest BCUT2D eigenvalue weighted by Gasteiger charge is -2.33. The van der Waals surface area contributed by atoms with Gasteiger partial charge in [-0.1, -0.05) is 72.1 Å². The molecule has 0 fully saturated rings. The first-order valence-corrected chi connectivity index (χ1v) is 15.5. The minimum absolute atomic E-state index is 0.881. The van der Waals surface area contributed by atoms with Gasteiger partial charge in [-0.15, -0.1) is 0 Å². The molecule has 198 valence electrons. The standard InChI is InChI=1S/C36H22N4S2/c1-5-13-33-29(9-1)39(30-10-2-6-14-34(30)41-33)23-17-19-25-27(21-23)37-26-20-18-24(22-28(26)38-25)40-31-11-3-7-15-35(31)42-36-16-8-4-12-32(36)40/h1-22H. The van der Waals surface area contributed by atoms with Crippen LogP contribution < -0.4 is 9.80 Å². The zero-order chi connectivity index (χ0) is 27.6. The highest BCUT2D eigenvalue weighted by atomic mass is 32.2. The molecule has 6 aromatic carbocycles. The maximum absolute atomic E-state index is 5.10. The predicted octanol–water partition coefficient (Wildman–Crippen LogP) is 10.7. The van der Waals surface area contributed by atoms with Crippen LogP contribution in [-0.2, 0) is 0 Å². The molecule has 0 atom stereocenters. The summed E-state index contributed by atoms with van der Waals surface area (Å²) in [7, 11) is 0. The third-order valence-corrected chi connectivity index (χ3v) is 10.0. The predicted molar refractivity (Wildman–Crippen MR) is 175 cm³/mol. The Morgan fingerprint density at radius 1 is 0.357 bits per heavy atom. The lowest BCUT2D eigenvalue weighted by atomic mass is 10.1. The van der Waals surface area contributed by atoms with Crippen molar-refractivity contribution in [1.29, 1.82) is 0 Å². The molecule has 9 rings (SSSR count). The first-order chi connectivity index (χ1) is 20.8. The molecule has 0 N–H and O–H groups in total. The second-order valence-corrected chi connectivity index (χ2v) is 12.5. The van der Waals surface area contributed by atoms with Crippen molar-refractivity contribution >= 4 is 79.7 Å². The van der Waals surface area contributed by atoms with Gasteiger partial charge in [-0.25, -0.2) is 9.97 Å². The summed E-state index contributed by atoms with van der Waals surface area (Å²) in [6.45, 7) is 0. The molecule has 0 bridgehead atoms. The summed E-state index contributed by atoms with van der Waals surface area (Å²) in [5.41, 5.74) is 10.4. The molecule has 3 heterocycles. The van der Waals surface area contributed by atoms with Crippen LogP contribution >= 0.6 is 23.5 Å². The zero-order valence-electron chi connectivity index (χ0n) is 22.3. The molecule has 0 spiro atoms. The Hall–Kier alpha value is -4.78. The Labute approximate surface area is 251 Å². The summed E-state index contributed by atoms with van der Waals surface area (Å²) in [4.78, 5) is 19.8. The van der Waals surface area contributed by atoms with Crippen LogP contribution in [-0.4, -0.2) is 9.97 Å². The van der Waals surface area contributed by atoms with Gasteiger partial charge in [0.15, 0.2) is 0 Å². The largest absolute Gasteiger partial charge is 0.308 e. The monoisotopic (exact) mass is 574 g/mol. The molecule has 2 aliphatic heterocycles. The summed E-state index contributed by atoms with van der Waals surface area (Å²) < 4.78 is 0. The van der Waals surface area contributed by atoms with E-state index in [0.717, 1.165) is 33.4 Å². The van der Waals surface area contributed by atoms with E-state index in [4.69, 9.17) is 9.97 Å². The van der Waals surface area contributed by atoms with E-state index in [9.17, 15) is 0 Å². The van der Waals surface area contributed by atoms with Crippen LogP contribution in [0.5, 0.6) is 0 Å². The molecule has 0 aliphatic carbocycles. The Bertz CT molecular complexity index is 1950. The molecular formula is C36H22N4S2. The van der Waals surface area contributed by atoms with E-state index in [0.29, 0.717) is 0 Å². The van der Waals surface area contributed by atoms with Crippen molar-refractivity contribution in [2.75, 3.05) is 9.80 Å². The van der Waals surface area contributed by atoms with E-state index in [1.165, 1.54) is 42.3 Å². The summed E-state index contributed by atoms with van der Waals surface area (Å²) in [6.07, 6.45) is 0. The minimum atomic E-state index is 0.881. The molecule has 4 nitrogen and oxygen atoms in total. The van der Waals surface area contributed by atoms with Gasteiger partial charge in [0.1, 0.15) is 0 Å². The number of hydrogen-bond acceptors (Lipinski definition) is 6.